The van der Waals surface area contributed by atoms with Crippen LogP contribution in [0.1, 0.15) is 6.42 Å². The third-order valence-corrected chi connectivity index (χ3v) is 2.47. The molecular formula is C8H11F5N2O. The average molecular weight is 246 g/mol. The van der Waals surface area contributed by atoms with E-state index in [-0.39, 0.29) is 17.9 Å². The zero-order valence-corrected chi connectivity index (χ0v) is 8.44. The maximum atomic E-state index is 13.2. The third-order valence-electron chi connectivity index (χ3n) is 2.47. The van der Waals surface area contributed by atoms with Gasteiger partial charge in [0.15, 0.2) is 0 Å². The lowest BCUT2D eigenvalue weighted by atomic mass is 10.0. The molecular weight excluding hydrogens is 235 g/mol. The Morgan fingerprint density at radius 3 is 2.44 bits per heavy atom. The number of alkyl halides is 5. The number of halogens is 5. The summed E-state index contributed by atoms with van der Waals surface area (Å²) in [5.74, 6) is -5.58. The molecule has 16 heavy (non-hydrogen) atoms. The molecule has 1 aliphatic heterocycles. The summed E-state index contributed by atoms with van der Waals surface area (Å²) < 4.78 is 62.7. The molecule has 1 rings (SSSR count). The van der Waals surface area contributed by atoms with Gasteiger partial charge in [-0.2, -0.15) is 13.2 Å². The van der Waals surface area contributed by atoms with Crippen molar-refractivity contribution in [3.05, 3.63) is 0 Å². The highest BCUT2D eigenvalue weighted by molar-refractivity contribution is 5.82. The Hall–Kier alpha value is -0.920. The maximum Gasteiger partial charge on any atom is 0.471 e. The van der Waals surface area contributed by atoms with Crippen molar-refractivity contribution < 1.29 is 26.7 Å². The first kappa shape index (κ1) is 13.1. The molecule has 0 aromatic rings. The summed E-state index contributed by atoms with van der Waals surface area (Å²) in [6, 6.07) is -1.71. The van der Waals surface area contributed by atoms with E-state index in [1.165, 1.54) is 0 Å². The molecule has 0 aromatic carbocycles. The van der Waals surface area contributed by atoms with E-state index in [1.54, 1.807) is 0 Å². The second-order valence-electron chi connectivity index (χ2n) is 3.66. The van der Waals surface area contributed by atoms with Crippen molar-refractivity contribution in [3.8, 4) is 0 Å². The highest BCUT2D eigenvalue weighted by Gasteiger charge is 2.50. The van der Waals surface area contributed by atoms with Gasteiger partial charge in [0.25, 0.3) is 5.92 Å². The van der Waals surface area contributed by atoms with Crippen molar-refractivity contribution in [2.75, 3.05) is 20.1 Å². The predicted octanol–water partition coefficient (Wildman–Crippen LogP) is 1.00. The molecule has 0 aliphatic carbocycles. The summed E-state index contributed by atoms with van der Waals surface area (Å²) in [6.45, 7) is -0.553. The van der Waals surface area contributed by atoms with Crippen molar-refractivity contribution in [1.29, 1.82) is 0 Å². The van der Waals surface area contributed by atoms with Crippen LogP contribution in [0.15, 0.2) is 0 Å². The van der Waals surface area contributed by atoms with E-state index in [1.807, 2.05) is 0 Å². The lowest BCUT2D eigenvalue weighted by Gasteiger charge is -2.38. The van der Waals surface area contributed by atoms with Crippen molar-refractivity contribution in [2.24, 2.45) is 0 Å². The van der Waals surface area contributed by atoms with E-state index >= 15 is 0 Å². The Morgan fingerprint density at radius 2 is 2.00 bits per heavy atom. The highest BCUT2D eigenvalue weighted by atomic mass is 19.4. The number of amides is 1. The Bertz CT molecular complexity index is 278. The van der Waals surface area contributed by atoms with Crippen LogP contribution in [0, 0.1) is 0 Å². The first-order chi connectivity index (χ1) is 7.16. The van der Waals surface area contributed by atoms with Crippen LogP contribution in [0.4, 0.5) is 22.0 Å². The molecule has 1 aliphatic rings. The van der Waals surface area contributed by atoms with Crippen LogP contribution in [-0.2, 0) is 4.79 Å². The summed E-state index contributed by atoms with van der Waals surface area (Å²) in [5.41, 5.74) is 0. The quantitative estimate of drug-likeness (QED) is 0.700. The van der Waals surface area contributed by atoms with Crippen molar-refractivity contribution in [2.45, 2.75) is 24.6 Å². The largest absolute Gasteiger partial charge is 0.471 e. The minimum atomic E-state index is -5.12. The molecule has 1 heterocycles. The number of hydrogen-bond acceptors (Lipinski definition) is 2. The first-order valence-corrected chi connectivity index (χ1v) is 4.59. The van der Waals surface area contributed by atoms with Gasteiger partial charge in [0, 0.05) is 7.05 Å². The van der Waals surface area contributed by atoms with Crippen LogP contribution in [0.2, 0.25) is 0 Å². The molecule has 0 aromatic heterocycles. The molecule has 0 bridgehead atoms. The standard InChI is InChI=1S/C8H11F5N2O/c1-15(6(16)8(11,12)13)5-2-3-14-4-7(5,9)10/h5,14H,2-4H2,1H3. The van der Waals surface area contributed by atoms with Gasteiger partial charge in [-0.25, -0.2) is 8.78 Å². The van der Waals surface area contributed by atoms with Gasteiger partial charge >= 0.3 is 12.1 Å². The van der Waals surface area contributed by atoms with Crippen LogP contribution in [0.3, 0.4) is 0 Å². The van der Waals surface area contributed by atoms with Crippen molar-refractivity contribution in [3.63, 3.8) is 0 Å². The molecule has 1 saturated heterocycles. The fraction of sp³-hybridized carbons (Fsp3) is 0.875. The topological polar surface area (TPSA) is 32.3 Å². The van der Waals surface area contributed by atoms with Gasteiger partial charge in [-0.1, -0.05) is 0 Å². The third kappa shape index (κ3) is 2.60. The molecule has 0 radical (unpaired) electrons. The fourth-order valence-corrected chi connectivity index (χ4v) is 1.64. The molecule has 1 atom stereocenters. The number of hydrogen-bond donors (Lipinski definition) is 1. The Kier molecular flexibility index (Phi) is 3.41. The van der Waals surface area contributed by atoms with E-state index in [9.17, 15) is 26.7 Å². The van der Waals surface area contributed by atoms with E-state index in [4.69, 9.17) is 0 Å². The Morgan fingerprint density at radius 1 is 1.44 bits per heavy atom. The minimum Gasteiger partial charge on any atom is -0.329 e. The van der Waals surface area contributed by atoms with Crippen LogP contribution in [0.5, 0.6) is 0 Å². The minimum absolute atomic E-state index is 0.0842. The SMILES string of the molecule is CN(C(=O)C(F)(F)F)C1CCNCC1(F)F. The molecule has 1 amide bonds. The van der Waals surface area contributed by atoms with Crippen LogP contribution >= 0.6 is 0 Å². The summed E-state index contributed by atoms with van der Waals surface area (Å²) in [4.78, 5) is 10.9. The lowest BCUT2D eigenvalue weighted by Crippen LogP contribution is -2.59. The summed E-state index contributed by atoms with van der Waals surface area (Å²) in [7, 11) is 0.750. The van der Waals surface area contributed by atoms with Gasteiger partial charge in [0.1, 0.15) is 0 Å². The van der Waals surface area contributed by atoms with E-state index in [2.05, 4.69) is 5.32 Å². The number of rotatable bonds is 1. The smallest absolute Gasteiger partial charge is 0.329 e. The number of carbonyl (C=O) groups excluding carboxylic acids is 1. The van der Waals surface area contributed by atoms with Gasteiger partial charge in [0.05, 0.1) is 12.6 Å². The molecule has 94 valence electrons. The number of piperidine rings is 1. The molecule has 1 unspecified atom stereocenters. The molecule has 1 fully saturated rings. The second-order valence-corrected chi connectivity index (χ2v) is 3.66. The maximum absolute atomic E-state index is 13.2. The first-order valence-electron chi connectivity index (χ1n) is 4.59. The van der Waals surface area contributed by atoms with E-state index < -0.39 is 30.6 Å². The van der Waals surface area contributed by atoms with E-state index in [0.717, 1.165) is 7.05 Å². The monoisotopic (exact) mass is 246 g/mol. The number of carbonyl (C=O) groups is 1. The second kappa shape index (κ2) is 4.15. The van der Waals surface area contributed by atoms with Gasteiger partial charge in [0.2, 0.25) is 0 Å². The Labute approximate surface area is 88.6 Å². The van der Waals surface area contributed by atoms with Gasteiger partial charge < -0.3 is 10.2 Å². The summed E-state index contributed by atoms with van der Waals surface area (Å²) >= 11 is 0. The summed E-state index contributed by atoms with van der Waals surface area (Å²) in [6.07, 6.45) is -5.32. The van der Waals surface area contributed by atoms with Gasteiger partial charge in [-0.3, -0.25) is 4.79 Å². The van der Waals surface area contributed by atoms with Crippen LogP contribution < -0.4 is 5.32 Å². The number of nitrogens with one attached hydrogen (secondary N) is 1. The molecule has 0 spiro atoms. The average Bonchev–Trinajstić information content (AvgIpc) is 2.13. The predicted molar refractivity (Wildman–Crippen MR) is 45.0 cm³/mol. The van der Waals surface area contributed by atoms with Crippen molar-refractivity contribution in [1.82, 2.24) is 10.2 Å². The van der Waals surface area contributed by atoms with Crippen molar-refractivity contribution >= 4 is 5.91 Å². The van der Waals surface area contributed by atoms with Gasteiger partial charge in [-0.15, -0.1) is 0 Å². The lowest BCUT2D eigenvalue weighted by molar-refractivity contribution is -0.194. The molecule has 8 heteroatoms. The zero-order valence-electron chi connectivity index (χ0n) is 8.44. The van der Waals surface area contributed by atoms with Gasteiger partial charge in [-0.05, 0) is 13.0 Å². The number of nitrogens with zero attached hydrogens (tertiary/aromatic N) is 1. The normalized spacial score (nSPS) is 25.2. The van der Waals surface area contributed by atoms with Crippen LogP contribution in [0.25, 0.3) is 0 Å². The fourth-order valence-electron chi connectivity index (χ4n) is 1.64. The zero-order chi connectivity index (χ0) is 12.6. The summed E-state index contributed by atoms with van der Waals surface area (Å²) in [5, 5.41) is 2.37. The van der Waals surface area contributed by atoms with E-state index in [0.29, 0.717) is 0 Å². The molecule has 1 N–H and O–H groups in total. The highest BCUT2D eigenvalue weighted by Crippen LogP contribution is 2.29. The molecule has 3 nitrogen and oxygen atoms in total. The van der Waals surface area contributed by atoms with Crippen LogP contribution in [-0.4, -0.2) is 49.1 Å². The molecule has 0 saturated carbocycles. The Balaban J connectivity index is 2.80.